The lowest BCUT2D eigenvalue weighted by molar-refractivity contribution is -0.384. The lowest BCUT2D eigenvalue weighted by Crippen LogP contribution is -2.66. The Labute approximate surface area is 561 Å². The van der Waals surface area contributed by atoms with Gasteiger partial charge in [0.25, 0.3) is 0 Å². The Hall–Kier alpha value is -1.83. The molecule has 28 nitrogen and oxygen atoms in total. The second-order valence-electron chi connectivity index (χ2n) is 32.6. The zero-order valence-corrected chi connectivity index (χ0v) is 57.3. The maximum absolute atomic E-state index is 15.4. The molecule has 0 bridgehead atoms. The number of carbonyl (C=O) groups excluding carboxylic acids is 1. The molecule has 0 amide bonds. The number of allylic oxidation sites excluding steroid dienone is 2. The third kappa shape index (κ3) is 13.0. The average Bonchev–Trinajstić information content (AvgIpc) is 0.676. The van der Waals surface area contributed by atoms with Gasteiger partial charge < -0.3 is 133 Å². The molecule has 0 spiro atoms. The molecule has 0 radical (unpaired) electrons. The van der Waals surface area contributed by atoms with Crippen LogP contribution >= 0.6 is 0 Å². The summed E-state index contributed by atoms with van der Waals surface area (Å²) in [6, 6.07) is 0. The first kappa shape index (κ1) is 75.3. The number of carbonyl (C=O) groups is 1. The Balaban J connectivity index is 0.791. The van der Waals surface area contributed by atoms with Gasteiger partial charge in [-0.25, -0.2) is 0 Å². The van der Waals surface area contributed by atoms with E-state index in [9.17, 15) is 76.6 Å². The summed E-state index contributed by atoms with van der Waals surface area (Å²) in [6.07, 6.45) is -30.8. The molecule has 4 saturated carbocycles. The molecule has 96 heavy (non-hydrogen) atoms. The van der Waals surface area contributed by atoms with Crippen molar-refractivity contribution in [1.29, 1.82) is 0 Å². The molecule has 15 N–H and O–H groups in total. The van der Waals surface area contributed by atoms with Crippen LogP contribution in [-0.2, 0) is 61.6 Å². The van der Waals surface area contributed by atoms with Crippen molar-refractivity contribution in [2.24, 2.45) is 68.0 Å². The van der Waals surface area contributed by atoms with Gasteiger partial charge in [-0.2, -0.15) is 0 Å². The van der Waals surface area contributed by atoms with Crippen LogP contribution in [0.15, 0.2) is 11.6 Å². The highest BCUT2D eigenvalue weighted by Gasteiger charge is 2.71. The first-order valence-corrected chi connectivity index (χ1v) is 35.1. The van der Waals surface area contributed by atoms with Crippen LogP contribution in [0, 0.1) is 68.0 Å². The molecular weight excluding hydrogens is 1260 g/mol. The monoisotopic (exact) mass is 1380 g/mol. The van der Waals surface area contributed by atoms with Crippen molar-refractivity contribution in [2.45, 2.75) is 306 Å². The molecule has 28 heteroatoms. The summed E-state index contributed by atoms with van der Waals surface area (Å²) in [7, 11) is 0. The van der Waals surface area contributed by atoms with Gasteiger partial charge in [0, 0.05) is 5.92 Å². The molecular formula is C68H112O28. The second-order valence-corrected chi connectivity index (χ2v) is 32.6. The first-order valence-electron chi connectivity index (χ1n) is 35.1. The zero-order chi connectivity index (χ0) is 70.0. The van der Waals surface area contributed by atoms with Crippen LogP contribution in [0.25, 0.3) is 0 Å². The van der Waals surface area contributed by atoms with Crippen LogP contribution in [0.2, 0.25) is 0 Å². The van der Waals surface area contributed by atoms with Gasteiger partial charge in [-0.05, 0) is 128 Å². The van der Waals surface area contributed by atoms with Crippen molar-refractivity contribution in [3.8, 4) is 0 Å². The fourth-order valence-electron chi connectivity index (χ4n) is 19.7. The van der Waals surface area contributed by atoms with E-state index >= 15 is 4.79 Å². The summed E-state index contributed by atoms with van der Waals surface area (Å²) in [4.78, 5) is 15.4. The topological polar surface area (TPSA) is 431 Å². The Morgan fingerprint density at radius 1 is 0.500 bits per heavy atom. The SMILES string of the molecule is CC1OC(OC2C(CO)OC(OCC3OC(OC(=O)C45CCC(C)(C)CC4C4=CCC6C7(C)CCC(OC8OCC(O)C(OC9OC(CO)C(C)C(C)C9C)C8OC8OC(CO)C(O)C(O)C8O)C(C)(C)C7CCC6(C)C4(C)CC5)C(O)C(O)C3O)C(O)C2O)C(O)C(O)C1O. The molecule has 11 aliphatic rings. The van der Waals surface area contributed by atoms with Gasteiger partial charge in [0.2, 0.25) is 6.29 Å². The van der Waals surface area contributed by atoms with Crippen LogP contribution in [0.1, 0.15) is 140 Å². The lowest BCUT2D eigenvalue weighted by Gasteiger charge is -2.71. The van der Waals surface area contributed by atoms with Gasteiger partial charge in [-0.1, -0.05) is 80.9 Å². The summed E-state index contributed by atoms with van der Waals surface area (Å²) in [5.41, 5.74) is -1.39. The third-order valence-electron chi connectivity index (χ3n) is 26.5. The molecule has 5 aliphatic carbocycles. The first-order chi connectivity index (χ1) is 45.0. The number of esters is 1. The zero-order valence-electron chi connectivity index (χ0n) is 57.3. The van der Waals surface area contributed by atoms with Gasteiger partial charge in [0.15, 0.2) is 31.5 Å². The number of ether oxygens (including phenoxy) is 12. The van der Waals surface area contributed by atoms with Crippen molar-refractivity contribution >= 4 is 5.97 Å². The number of aliphatic hydroxyl groups excluding tert-OH is 15. The van der Waals surface area contributed by atoms with Crippen molar-refractivity contribution in [2.75, 3.05) is 33.0 Å². The number of aliphatic hydroxyl groups is 15. The normalized spacial score (nSPS) is 54.1. The van der Waals surface area contributed by atoms with Crippen molar-refractivity contribution in [3.05, 3.63) is 11.6 Å². The molecule has 11 rings (SSSR count). The van der Waals surface area contributed by atoms with Crippen molar-refractivity contribution in [1.82, 2.24) is 0 Å². The van der Waals surface area contributed by atoms with E-state index in [4.69, 9.17) is 56.8 Å². The number of fused-ring (bicyclic) bond motifs is 7. The number of rotatable bonds is 16. The highest BCUT2D eigenvalue weighted by molar-refractivity contribution is 5.79. The predicted molar refractivity (Wildman–Crippen MR) is 330 cm³/mol. The van der Waals surface area contributed by atoms with Crippen LogP contribution in [0.4, 0.5) is 0 Å². The van der Waals surface area contributed by atoms with E-state index in [0.29, 0.717) is 38.5 Å². The lowest BCUT2D eigenvalue weighted by atomic mass is 9.33. The van der Waals surface area contributed by atoms with E-state index < -0.39 is 203 Å². The second kappa shape index (κ2) is 28.3. The van der Waals surface area contributed by atoms with E-state index in [1.807, 2.05) is 20.8 Å². The fraction of sp³-hybridized carbons (Fsp3) is 0.956. The van der Waals surface area contributed by atoms with Crippen molar-refractivity contribution in [3.63, 3.8) is 0 Å². The molecule has 10 fully saturated rings. The minimum atomic E-state index is -1.90. The molecule has 0 aromatic carbocycles. The minimum Gasteiger partial charge on any atom is -0.432 e. The van der Waals surface area contributed by atoms with E-state index in [-0.39, 0.29) is 70.4 Å². The summed E-state index contributed by atoms with van der Waals surface area (Å²) in [6.45, 7) is 20.9. The fourth-order valence-corrected chi connectivity index (χ4v) is 19.7. The molecule has 6 heterocycles. The Kier molecular flexibility index (Phi) is 22.2. The van der Waals surface area contributed by atoms with Crippen LogP contribution in [0.5, 0.6) is 0 Å². The minimum absolute atomic E-state index is 0.0115. The van der Waals surface area contributed by atoms with Crippen LogP contribution in [0.3, 0.4) is 0 Å². The van der Waals surface area contributed by atoms with Gasteiger partial charge in [-0.3, -0.25) is 4.79 Å². The maximum atomic E-state index is 15.4. The molecule has 0 aromatic rings. The van der Waals surface area contributed by atoms with Gasteiger partial charge in [0.1, 0.15) is 110 Å². The smallest absolute Gasteiger partial charge is 0.315 e. The molecule has 37 atom stereocenters. The van der Waals surface area contributed by atoms with E-state index in [2.05, 4.69) is 54.5 Å². The Morgan fingerprint density at radius 3 is 1.73 bits per heavy atom. The Bertz CT molecular complexity index is 2690. The van der Waals surface area contributed by atoms with Gasteiger partial charge >= 0.3 is 5.97 Å². The predicted octanol–water partition coefficient (Wildman–Crippen LogP) is -0.895. The van der Waals surface area contributed by atoms with Crippen LogP contribution in [-0.4, -0.2) is 282 Å². The summed E-state index contributed by atoms with van der Waals surface area (Å²) in [5, 5.41) is 163. The largest absolute Gasteiger partial charge is 0.432 e. The van der Waals surface area contributed by atoms with E-state index in [1.54, 1.807) is 0 Å². The van der Waals surface area contributed by atoms with Crippen molar-refractivity contribution < 1.29 is 138 Å². The average molecular weight is 1380 g/mol. The molecule has 6 aliphatic heterocycles. The standard InChI is InChI=1S/C68H112O28/c1-28-29(2)35(23-69)88-56(30(28)3)93-53-34(72)26-85-61(55(53)95-59-50(81)46(77)43(74)36(24-70)89-59)92-41-15-16-65(9)39(64(41,7)8)14-17-67(11)40(65)13-12-32-33-22-63(5,6)18-20-68(33,21-19-66(32,67)10)62(84)96-60-51(82)47(78)44(75)38(91-60)27-86-57-52(83)48(79)54(37(25-71)90-57)94-58-49(80)45(76)42(73)31(4)87-58/h12,28-31,33-61,69-83H,13-27H2,1-11H3. The summed E-state index contributed by atoms with van der Waals surface area (Å²) >= 11 is 0. The molecule has 6 saturated heterocycles. The highest BCUT2D eigenvalue weighted by Crippen LogP contribution is 2.76. The molecule has 0 aromatic heterocycles. The van der Waals surface area contributed by atoms with Crippen LogP contribution < -0.4 is 0 Å². The number of hydrogen-bond donors (Lipinski definition) is 15. The third-order valence-corrected chi connectivity index (χ3v) is 26.5. The highest BCUT2D eigenvalue weighted by atomic mass is 16.8. The molecule has 37 unspecified atom stereocenters. The Morgan fingerprint density at radius 2 is 1.06 bits per heavy atom. The summed E-state index contributed by atoms with van der Waals surface area (Å²) < 4.78 is 74.1. The molecule has 552 valence electrons. The number of hydrogen-bond acceptors (Lipinski definition) is 28. The van der Waals surface area contributed by atoms with E-state index in [1.165, 1.54) is 12.5 Å². The summed E-state index contributed by atoms with van der Waals surface area (Å²) in [5.74, 6) is -0.765. The van der Waals surface area contributed by atoms with Gasteiger partial charge in [0.05, 0.1) is 56.8 Å². The van der Waals surface area contributed by atoms with E-state index in [0.717, 1.165) is 25.7 Å². The quantitative estimate of drug-likeness (QED) is 0.0506. The van der Waals surface area contributed by atoms with Gasteiger partial charge in [-0.15, -0.1) is 0 Å². The maximum Gasteiger partial charge on any atom is 0.315 e.